The first-order chi connectivity index (χ1) is 15.0. The summed E-state index contributed by atoms with van der Waals surface area (Å²) in [7, 11) is 1.58. The van der Waals surface area contributed by atoms with Gasteiger partial charge in [-0.25, -0.2) is 9.59 Å². The van der Waals surface area contributed by atoms with Crippen LogP contribution < -0.4 is 15.4 Å². The van der Waals surface area contributed by atoms with Crippen LogP contribution >= 0.6 is 11.6 Å². The van der Waals surface area contributed by atoms with Gasteiger partial charge in [0.05, 0.1) is 24.4 Å². The zero-order valence-electron chi connectivity index (χ0n) is 16.7. The molecule has 2 heterocycles. The number of hydrogen-bond donors (Lipinski definition) is 2. The van der Waals surface area contributed by atoms with E-state index in [1.54, 1.807) is 43.5 Å². The third-order valence-electron chi connectivity index (χ3n) is 5.16. The summed E-state index contributed by atoms with van der Waals surface area (Å²) < 4.78 is 10.3. The SMILES string of the molecule is COc1ccc(CNC(=O)CN2C(=O)N[C@H](c3ccccc3Cl)C3=C2COC3=O)cc1. The van der Waals surface area contributed by atoms with Crippen molar-refractivity contribution in [2.45, 2.75) is 12.6 Å². The van der Waals surface area contributed by atoms with Gasteiger partial charge < -0.3 is 20.1 Å². The number of nitrogens with zero attached hydrogens (tertiary/aromatic N) is 1. The monoisotopic (exact) mass is 441 g/mol. The molecule has 0 fully saturated rings. The van der Waals surface area contributed by atoms with Crippen LogP contribution in [0.3, 0.4) is 0 Å². The Balaban J connectivity index is 1.50. The zero-order chi connectivity index (χ0) is 22.0. The number of nitrogens with one attached hydrogen (secondary N) is 2. The Bertz CT molecular complexity index is 1070. The maximum Gasteiger partial charge on any atom is 0.338 e. The van der Waals surface area contributed by atoms with E-state index in [1.165, 1.54) is 4.90 Å². The fraction of sp³-hybridized carbons (Fsp3) is 0.227. The van der Waals surface area contributed by atoms with Gasteiger partial charge in [-0.1, -0.05) is 41.9 Å². The van der Waals surface area contributed by atoms with E-state index in [-0.39, 0.29) is 24.6 Å². The Morgan fingerprint density at radius 1 is 1.23 bits per heavy atom. The Morgan fingerprint density at radius 3 is 2.68 bits per heavy atom. The Kier molecular flexibility index (Phi) is 5.81. The minimum absolute atomic E-state index is 0.0751. The van der Waals surface area contributed by atoms with Gasteiger partial charge >= 0.3 is 12.0 Å². The fourth-order valence-electron chi connectivity index (χ4n) is 3.56. The van der Waals surface area contributed by atoms with E-state index in [4.69, 9.17) is 21.1 Å². The number of ether oxygens (including phenoxy) is 2. The third-order valence-corrected chi connectivity index (χ3v) is 5.51. The Hall–Kier alpha value is -3.52. The smallest absolute Gasteiger partial charge is 0.338 e. The largest absolute Gasteiger partial charge is 0.497 e. The van der Waals surface area contributed by atoms with Crippen LogP contribution in [-0.2, 0) is 20.9 Å². The highest BCUT2D eigenvalue weighted by atomic mass is 35.5. The van der Waals surface area contributed by atoms with Crippen LogP contribution in [0.15, 0.2) is 59.8 Å². The maximum atomic E-state index is 12.8. The molecule has 1 atom stereocenters. The summed E-state index contributed by atoms with van der Waals surface area (Å²) in [6.07, 6.45) is 0. The van der Waals surface area contributed by atoms with Crippen molar-refractivity contribution in [2.75, 3.05) is 20.3 Å². The van der Waals surface area contributed by atoms with Crippen molar-refractivity contribution in [3.8, 4) is 5.75 Å². The summed E-state index contributed by atoms with van der Waals surface area (Å²) in [6, 6.07) is 13.0. The average molecular weight is 442 g/mol. The van der Waals surface area contributed by atoms with Gasteiger partial charge in [-0.15, -0.1) is 0 Å². The first kappa shape index (κ1) is 20.7. The number of rotatable bonds is 6. The molecule has 2 aliphatic rings. The topological polar surface area (TPSA) is 97.0 Å². The number of cyclic esters (lactones) is 1. The van der Waals surface area contributed by atoms with Crippen molar-refractivity contribution < 1.29 is 23.9 Å². The quantitative estimate of drug-likeness (QED) is 0.671. The van der Waals surface area contributed by atoms with E-state index in [0.717, 1.165) is 11.3 Å². The molecule has 0 aliphatic carbocycles. The summed E-state index contributed by atoms with van der Waals surface area (Å²) in [6.45, 7) is -0.0249. The lowest BCUT2D eigenvalue weighted by atomic mass is 9.95. The summed E-state index contributed by atoms with van der Waals surface area (Å²) in [5, 5.41) is 5.97. The lowest BCUT2D eigenvalue weighted by Crippen LogP contribution is -2.50. The molecule has 0 spiro atoms. The predicted molar refractivity (Wildman–Crippen MR) is 112 cm³/mol. The summed E-state index contributed by atoms with van der Waals surface area (Å²) in [5.74, 6) is -0.185. The van der Waals surface area contributed by atoms with Crippen LogP contribution in [0.25, 0.3) is 0 Å². The predicted octanol–water partition coefficient (Wildman–Crippen LogP) is 2.54. The van der Waals surface area contributed by atoms with Crippen LogP contribution in [0.4, 0.5) is 4.79 Å². The van der Waals surface area contributed by atoms with Crippen LogP contribution in [0.2, 0.25) is 5.02 Å². The second-order valence-corrected chi connectivity index (χ2v) is 7.46. The van der Waals surface area contributed by atoms with Crippen molar-refractivity contribution >= 4 is 29.5 Å². The number of esters is 1. The molecule has 0 unspecified atom stereocenters. The van der Waals surface area contributed by atoms with Crippen molar-refractivity contribution in [3.05, 3.63) is 76.0 Å². The molecule has 2 aromatic carbocycles. The number of urea groups is 1. The highest BCUT2D eigenvalue weighted by molar-refractivity contribution is 6.31. The number of methoxy groups -OCH3 is 1. The molecule has 2 aromatic rings. The van der Waals surface area contributed by atoms with Gasteiger partial charge in [-0.05, 0) is 29.3 Å². The van der Waals surface area contributed by atoms with Crippen molar-refractivity contribution in [1.29, 1.82) is 0 Å². The second-order valence-electron chi connectivity index (χ2n) is 7.05. The molecule has 8 nitrogen and oxygen atoms in total. The molecule has 2 N–H and O–H groups in total. The van der Waals surface area contributed by atoms with Gasteiger partial charge in [-0.3, -0.25) is 9.69 Å². The van der Waals surface area contributed by atoms with Gasteiger partial charge in [0.2, 0.25) is 5.91 Å². The minimum atomic E-state index is -0.732. The average Bonchev–Trinajstić information content (AvgIpc) is 3.16. The number of halogens is 1. The lowest BCUT2D eigenvalue weighted by Gasteiger charge is -2.32. The molecule has 0 saturated carbocycles. The molecule has 0 aromatic heterocycles. The van der Waals surface area contributed by atoms with Crippen molar-refractivity contribution in [3.63, 3.8) is 0 Å². The number of hydrogen-bond acceptors (Lipinski definition) is 5. The summed E-state index contributed by atoms with van der Waals surface area (Å²) >= 11 is 6.27. The van der Waals surface area contributed by atoms with E-state index in [1.807, 2.05) is 12.1 Å². The van der Waals surface area contributed by atoms with Crippen LogP contribution in [-0.4, -0.2) is 43.1 Å². The van der Waals surface area contributed by atoms with Gasteiger partial charge in [0, 0.05) is 11.6 Å². The molecule has 2 aliphatic heterocycles. The molecule has 31 heavy (non-hydrogen) atoms. The van der Waals surface area contributed by atoms with Gasteiger partial charge in [-0.2, -0.15) is 0 Å². The van der Waals surface area contributed by atoms with Gasteiger partial charge in [0.1, 0.15) is 18.9 Å². The number of carbonyl (C=O) groups excluding carboxylic acids is 3. The summed E-state index contributed by atoms with van der Waals surface area (Å²) in [4.78, 5) is 38.9. The van der Waals surface area contributed by atoms with Gasteiger partial charge in [0.15, 0.2) is 0 Å². The van der Waals surface area contributed by atoms with Crippen LogP contribution in [0, 0.1) is 0 Å². The molecular formula is C22H20ClN3O5. The third kappa shape index (κ3) is 4.20. The maximum absolute atomic E-state index is 12.8. The van der Waals surface area contributed by atoms with E-state index in [2.05, 4.69) is 10.6 Å². The Morgan fingerprint density at radius 2 is 1.97 bits per heavy atom. The molecule has 0 bridgehead atoms. The standard InChI is InChI=1S/C22H20ClN3O5/c1-30-14-8-6-13(7-9-14)10-24-18(27)11-26-17-12-31-21(28)19(17)20(25-22(26)29)15-4-2-3-5-16(15)23/h2-9,20H,10-12H2,1H3,(H,24,27)(H,25,29)/t20-/m1/s1. The first-order valence-corrected chi connectivity index (χ1v) is 9.98. The minimum Gasteiger partial charge on any atom is -0.497 e. The van der Waals surface area contributed by atoms with Crippen molar-refractivity contribution in [1.82, 2.24) is 15.5 Å². The summed E-state index contributed by atoms with van der Waals surface area (Å²) in [5.41, 5.74) is 2.14. The van der Waals surface area contributed by atoms with E-state index in [9.17, 15) is 14.4 Å². The molecular weight excluding hydrogens is 422 g/mol. The molecule has 160 valence electrons. The normalized spacial score (nSPS) is 17.7. The molecule has 0 radical (unpaired) electrons. The highest BCUT2D eigenvalue weighted by Gasteiger charge is 2.43. The van der Waals surface area contributed by atoms with Crippen LogP contribution in [0.1, 0.15) is 17.2 Å². The number of amides is 3. The Labute approximate surface area is 183 Å². The molecule has 0 saturated heterocycles. The second kappa shape index (κ2) is 8.69. The lowest BCUT2D eigenvalue weighted by molar-refractivity contribution is -0.136. The van der Waals surface area contributed by atoms with Crippen molar-refractivity contribution in [2.24, 2.45) is 0 Å². The molecule has 4 rings (SSSR count). The zero-order valence-corrected chi connectivity index (χ0v) is 17.4. The number of carbonyl (C=O) groups is 3. The fourth-order valence-corrected chi connectivity index (χ4v) is 3.81. The highest BCUT2D eigenvalue weighted by Crippen LogP contribution is 2.37. The molecule has 3 amide bonds. The van der Waals surface area contributed by atoms with Gasteiger partial charge in [0.25, 0.3) is 0 Å². The number of benzene rings is 2. The van der Waals surface area contributed by atoms with E-state index < -0.39 is 18.0 Å². The van der Waals surface area contributed by atoms with E-state index >= 15 is 0 Å². The van der Waals surface area contributed by atoms with E-state index in [0.29, 0.717) is 22.8 Å². The molecule has 9 heteroatoms. The van der Waals surface area contributed by atoms with Crippen LogP contribution in [0.5, 0.6) is 5.75 Å². The first-order valence-electron chi connectivity index (χ1n) is 9.60.